The summed E-state index contributed by atoms with van der Waals surface area (Å²) in [5.41, 5.74) is 2.73. The molecule has 2 aromatic carbocycles. The standard InChI is InChI=1S/C18H19N3O5S/c1-11-9-14-15(21(3)27(23,24)20(14)2)10-13(11)19-18(22)12-5-4-6-16-17(12)26-8-7-25-16/h4-6,9-10H,7-8H2,1-3H3,(H,19,22). The third-order valence-electron chi connectivity index (χ3n) is 4.75. The van der Waals surface area contributed by atoms with E-state index in [9.17, 15) is 13.2 Å². The molecule has 9 heteroatoms. The van der Waals surface area contributed by atoms with Crippen LogP contribution in [-0.4, -0.2) is 41.6 Å². The number of rotatable bonds is 2. The van der Waals surface area contributed by atoms with Crippen molar-refractivity contribution in [1.29, 1.82) is 0 Å². The van der Waals surface area contributed by atoms with Crippen LogP contribution in [0.15, 0.2) is 30.3 Å². The second-order valence-corrected chi connectivity index (χ2v) is 8.37. The van der Waals surface area contributed by atoms with Crippen LogP contribution in [0.4, 0.5) is 17.1 Å². The van der Waals surface area contributed by atoms with Gasteiger partial charge in [0.1, 0.15) is 13.2 Å². The first kappa shape index (κ1) is 17.5. The maximum Gasteiger partial charge on any atom is 0.326 e. The number of benzene rings is 2. The average molecular weight is 389 g/mol. The first-order chi connectivity index (χ1) is 12.8. The zero-order valence-electron chi connectivity index (χ0n) is 15.1. The number of amides is 1. The number of hydrogen-bond acceptors (Lipinski definition) is 5. The van der Waals surface area contributed by atoms with Crippen molar-refractivity contribution in [3.8, 4) is 11.5 Å². The van der Waals surface area contributed by atoms with Gasteiger partial charge in [-0.25, -0.2) is 0 Å². The maximum atomic E-state index is 12.8. The number of nitrogens with zero attached hydrogens (tertiary/aromatic N) is 2. The number of nitrogens with one attached hydrogen (secondary N) is 1. The van der Waals surface area contributed by atoms with Crippen molar-refractivity contribution in [1.82, 2.24) is 0 Å². The second kappa shape index (κ2) is 6.05. The number of ether oxygens (including phenoxy) is 2. The van der Waals surface area contributed by atoms with E-state index in [2.05, 4.69) is 5.32 Å². The number of fused-ring (bicyclic) bond motifs is 2. The molecule has 8 nitrogen and oxygen atoms in total. The Kier molecular flexibility index (Phi) is 3.92. The molecule has 1 amide bonds. The Bertz CT molecular complexity index is 1050. The molecule has 0 aliphatic carbocycles. The zero-order valence-corrected chi connectivity index (χ0v) is 16.0. The zero-order chi connectivity index (χ0) is 19.3. The molecular formula is C18H19N3O5S. The molecule has 2 aliphatic rings. The first-order valence-corrected chi connectivity index (χ1v) is 9.78. The fourth-order valence-corrected chi connectivity index (χ4v) is 4.35. The number of para-hydroxylation sites is 1. The molecule has 0 fully saturated rings. The molecule has 0 bridgehead atoms. The van der Waals surface area contributed by atoms with Crippen molar-refractivity contribution in [2.24, 2.45) is 0 Å². The fourth-order valence-electron chi connectivity index (χ4n) is 3.19. The van der Waals surface area contributed by atoms with E-state index < -0.39 is 10.2 Å². The van der Waals surface area contributed by atoms with Gasteiger partial charge in [-0.05, 0) is 36.8 Å². The summed E-state index contributed by atoms with van der Waals surface area (Å²) >= 11 is 0. The normalized spacial score (nSPS) is 16.9. The van der Waals surface area contributed by atoms with Crippen LogP contribution >= 0.6 is 0 Å². The average Bonchev–Trinajstić information content (AvgIpc) is 2.82. The van der Waals surface area contributed by atoms with Crippen molar-refractivity contribution in [2.45, 2.75) is 6.92 Å². The molecular weight excluding hydrogens is 370 g/mol. The molecule has 1 N–H and O–H groups in total. The quantitative estimate of drug-likeness (QED) is 0.850. The molecule has 142 valence electrons. The first-order valence-electron chi connectivity index (χ1n) is 8.38. The van der Waals surface area contributed by atoms with E-state index in [1.54, 1.807) is 30.3 Å². The van der Waals surface area contributed by atoms with Gasteiger partial charge in [0.05, 0.1) is 16.9 Å². The summed E-state index contributed by atoms with van der Waals surface area (Å²) in [7, 11) is -0.585. The third kappa shape index (κ3) is 2.66. The summed E-state index contributed by atoms with van der Waals surface area (Å²) in [5, 5.41) is 2.85. The molecule has 0 saturated heterocycles. The monoisotopic (exact) mass is 389 g/mol. The van der Waals surface area contributed by atoms with E-state index in [1.807, 2.05) is 6.92 Å². The molecule has 2 aliphatic heterocycles. The Morgan fingerprint density at radius 3 is 2.48 bits per heavy atom. The van der Waals surface area contributed by atoms with E-state index >= 15 is 0 Å². The molecule has 2 aromatic rings. The Morgan fingerprint density at radius 1 is 1.07 bits per heavy atom. The lowest BCUT2D eigenvalue weighted by molar-refractivity contribution is 0.101. The van der Waals surface area contributed by atoms with Gasteiger partial charge in [0, 0.05) is 19.8 Å². The largest absolute Gasteiger partial charge is 0.486 e. The van der Waals surface area contributed by atoms with Gasteiger partial charge in [-0.2, -0.15) is 8.42 Å². The van der Waals surface area contributed by atoms with Gasteiger partial charge in [0.15, 0.2) is 11.5 Å². The van der Waals surface area contributed by atoms with Crippen molar-refractivity contribution in [3.05, 3.63) is 41.5 Å². The highest BCUT2D eigenvalue weighted by Gasteiger charge is 2.36. The molecule has 27 heavy (non-hydrogen) atoms. The van der Waals surface area contributed by atoms with E-state index in [4.69, 9.17) is 9.47 Å². The van der Waals surface area contributed by atoms with Crippen LogP contribution in [0, 0.1) is 6.92 Å². The lowest BCUT2D eigenvalue weighted by Gasteiger charge is -2.21. The van der Waals surface area contributed by atoms with Crippen LogP contribution in [0.3, 0.4) is 0 Å². The number of carbonyl (C=O) groups excluding carboxylic acids is 1. The smallest absolute Gasteiger partial charge is 0.326 e. The summed E-state index contributed by atoms with van der Waals surface area (Å²) < 4.78 is 38.1. The van der Waals surface area contributed by atoms with E-state index in [-0.39, 0.29) is 5.91 Å². The molecule has 0 aromatic heterocycles. The molecule has 0 unspecified atom stereocenters. The van der Waals surface area contributed by atoms with Crippen molar-refractivity contribution < 1.29 is 22.7 Å². The van der Waals surface area contributed by atoms with Crippen LogP contribution in [-0.2, 0) is 10.2 Å². The predicted molar refractivity (Wildman–Crippen MR) is 102 cm³/mol. The Morgan fingerprint density at radius 2 is 1.74 bits per heavy atom. The van der Waals surface area contributed by atoms with Gasteiger partial charge < -0.3 is 14.8 Å². The highest BCUT2D eigenvalue weighted by molar-refractivity contribution is 7.94. The van der Waals surface area contributed by atoms with Gasteiger partial charge in [-0.1, -0.05) is 6.07 Å². The lowest BCUT2D eigenvalue weighted by Crippen LogP contribution is -2.32. The van der Waals surface area contributed by atoms with E-state index in [0.29, 0.717) is 47.3 Å². The Hall–Kier alpha value is -2.94. The van der Waals surface area contributed by atoms with Gasteiger partial charge >= 0.3 is 10.2 Å². The molecule has 4 rings (SSSR count). The third-order valence-corrected chi connectivity index (χ3v) is 6.53. The number of anilines is 3. The summed E-state index contributed by atoms with van der Waals surface area (Å²) in [6.45, 7) is 2.63. The summed E-state index contributed by atoms with van der Waals surface area (Å²) in [5.74, 6) is 0.601. The summed E-state index contributed by atoms with van der Waals surface area (Å²) in [6.07, 6.45) is 0. The predicted octanol–water partition coefficient (Wildman–Crippen LogP) is 2.15. The minimum absolute atomic E-state index is 0.350. The van der Waals surface area contributed by atoms with Crippen LogP contribution < -0.4 is 23.4 Å². The van der Waals surface area contributed by atoms with Crippen molar-refractivity contribution in [2.75, 3.05) is 41.2 Å². The molecule has 0 saturated carbocycles. The Labute approximate surface area is 157 Å². The Balaban J connectivity index is 1.69. The van der Waals surface area contributed by atoms with Crippen LogP contribution in [0.2, 0.25) is 0 Å². The lowest BCUT2D eigenvalue weighted by atomic mass is 10.1. The number of aryl methyl sites for hydroxylation is 1. The van der Waals surface area contributed by atoms with Crippen molar-refractivity contribution >= 4 is 33.2 Å². The molecule has 0 radical (unpaired) electrons. The van der Waals surface area contributed by atoms with Crippen LogP contribution in [0.25, 0.3) is 0 Å². The molecule has 0 spiro atoms. The second-order valence-electron chi connectivity index (χ2n) is 6.38. The minimum atomic E-state index is -3.57. The fraction of sp³-hybridized carbons (Fsp3) is 0.278. The molecule has 0 atom stereocenters. The van der Waals surface area contributed by atoms with Gasteiger partial charge in [0.2, 0.25) is 0 Å². The SMILES string of the molecule is Cc1cc2c(cc1NC(=O)c1cccc3c1OCCO3)N(C)S(=O)(=O)N2C. The van der Waals surface area contributed by atoms with Gasteiger partial charge in [-0.15, -0.1) is 0 Å². The van der Waals surface area contributed by atoms with Crippen LogP contribution in [0.5, 0.6) is 11.5 Å². The van der Waals surface area contributed by atoms with E-state index in [0.717, 1.165) is 5.56 Å². The summed E-state index contributed by atoms with van der Waals surface area (Å²) in [4.78, 5) is 12.8. The van der Waals surface area contributed by atoms with Crippen LogP contribution in [0.1, 0.15) is 15.9 Å². The van der Waals surface area contributed by atoms with Crippen molar-refractivity contribution in [3.63, 3.8) is 0 Å². The van der Waals surface area contributed by atoms with Gasteiger partial charge in [0.25, 0.3) is 5.91 Å². The summed E-state index contributed by atoms with van der Waals surface area (Å²) in [6, 6.07) is 8.55. The maximum absolute atomic E-state index is 12.8. The highest BCUT2D eigenvalue weighted by Crippen LogP contribution is 2.42. The van der Waals surface area contributed by atoms with Gasteiger partial charge in [-0.3, -0.25) is 13.4 Å². The minimum Gasteiger partial charge on any atom is -0.486 e. The van der Waals surface area contributed by atoms with E-state index in [1.165, 1.54) is 22.7 Å². The topological polar surface area (TPSA) is 88.2 Å². The number of carbonyl (C=O) groups is 1. The number of hydrogen-bond donors (Lipinski definition) is 1. The highest BCUT2D eigenvalue weighted by atomic mass is 32.2. The molecule has 2 heterocycles.